The van der Waals surface area contributed by atoms with Crippen molar-refractivity contribution in [1.82, 2.24) is 0 Å². The van der Waals surface area contributed by atoms with Gasteiger partial charge in [0, 0.05) is 35.9 Å². The van der Waals surface area contributed by atoms with Crippen LogP contribution in [-0.2, 0) is 17.9 Å². The van der Waals surface area contributed by atoms with Crippen molar-refractivity contribution >= 4 is 28.9 Å². The van der Waals surface area contributed by atoms with Crippen molar-refractivity contribution in [3.8, 4) is 11.5 Å². The fourth-order valence-electron chi connectivity index (χ4n) is 3.86. The van der Waals surface area contributed by atoms with Crippen molar-refractivity contribution in [3.05, 3.63) is 82.4 Å². The van der Waals surface area contributed by atoms with Gasteiger partial charge in [0.05, 0.1) is 31.6 Å². The highest BCUT2D eigenvalue weighted by Gasteiger charge is 2.19. The maximum Gasteiger partial charge on any atom is 0.337 e. The summed E-state index contributed by atoms with van der Waals surface area (Å²) in [6.07, 6.45) is 0. The third-order valence-corrected chi connectivity index (χ3v) is 5.89. The minimum Gasteiger partial charge on any atom is -0.493 e. The van der Waals surface area contributed by atoms with Crippen molar-refractivity contribution in [2.24, 2.45) is 0 Å². The number of para-hydroxylation sites is 1. The van der Waals surface area contributed by atoms with Gasteiger partial charge in [-0.1, -0.05) is 35.9 Å². The second-order valence-corrected chi connectivity index (χ2v) is 8.29. The Morgan fingerprint density at radius 3 is 2.59 bits per heavy atom. The topological polar surface area (TPSA) is 80.3 Å². The van der Waals surface area contributed by atoms with Gasteiger partial charge < -0.3 is 29.5 Å². The van der Waals surface area contributed by atoms with E-state index in [9.17, 15) is 9.90 Å². The summed E-state index contributed by atoms with van der Waals surface area (Å²) in [6.45, 7) is 3.32. The van der Waals surface area contributed by atoms with Crippen LogP contribution in [0.2, 0.25) is 5.02 Å². The molecule has 1 saturated heterocycles. The molecule has 0 atom stereocenters. The van der Waals surface area contributed by atoms with Gasteiger partial charge in [-0.25, -0.2) is 4.79 Å². The number of methoxy groups -OCH3 is 1. The van der Waals surface area contributed by atoms with Crippen molar-refractivity contribution in [1.29, 1.82) is 0 Å². The van der Waals surface area contributed by atoms with Gasteiger partial charge in [-0.05, 0) is 42.0 Å². The molecule has 0 bridgehead atoms. The van der Waals surface area contributed by atoms with Crippen LogP contribution in [0.25, 0.3) is 0 Å². The maximum atomic E-state index is 11.9. The van der Waals surface area contributed by atoms with Crippen LogP contribution in [0.3, 0.4) is 0 Å². The standard InChI is InChI=1S/C26H27ClN2O5/c1-32-24-4-2-3-19(25(24)34-17-18-5-7-20(27)8-6-18)16-28-21-9-10-23(22(15-21)26(30)31)29-11-13-33-14-12-29/h2-10,15,28H,11-14,16-17H2,1H3,(H,30,31). The number of hydrogen-bond donors (Lipinski definition) is 2. The zero-order chi connectivity index (χ0) is 23.9. The Kier molecular flexibility index (Phi) is 7.77. The molecule has 1 heterocycles. The number of halogens is 1. The van der Waals surface area contributed by atoms with Crippen molar-refractivity contribution in [2.75, 3.05) is 43.6 Å². The molecule has 1 aliphatic heterocycles. The average molecular weight is 483 g/mol. The molecular formula is C26H27ClN2O5. The van der Waals surface area contributed by atoms with Gasteiger partial charge in [0.25, 0.3) is 0 Å². The molecule has 0 radical (unpaired) electrons. The van der Waals surface area contributed by atoms with E-state index in [0.717, 1.165) is 11.1 Å². The summed E-state index contributed by atoms with van der Waals surface area (Å²) in [5.74, 6) is 0.302. The third kappa shape index (κ3) is 5.73. The van der Waals surface area contributed by atoms with E-state index in [-0.39, 0.29) is 5.56 Å². The number of benzene rings is 3. The van der Waals surface area contributed by atoms with Gasteiger partial charge in [-0.2, -0.15) is 0 Å². The number of carbonyl (C=O) groups is 1. The molecule has 178 valence electrons. The first-order valence-corrected chi connectivity index (χ1v) is 11.4. The van der Waals surface area contributed by atoms with E-state index in [2.05, 4.69) is 5.32 Å². The Hall–Kier alpha value is -3.42. The minimum atomic E-state index is -0.960. The van der Waals surface area contributed by atoms with Crippen LogP contribution in [0, 0.1) is 0 Å². The van der Waals surface area contributed by atoms with Crippen molar-refractivity contribution < 1.29 is 24.1 Å². The molecule has 0 saturated carbocycles. The normalized spacial score (nSPS) is 13.4. The molecule has 0 aliphatic carbocycles. The molecule has 0 aromatic heterocycles. The Morgan fingerprint density at radius 2 is 1.88 bits per heavy atom. The second kappa shape index (κ2) is 11.1. The highest BCUT2D eigenvalue weighted by molar-refractivity contribution is 6.30. The Bertz CT molecular complexity index is 1130. The number of aromatic carboxylic acids is 1. The first-order valence-electron chi connectivity index (χ1n) is 11.0. The highest BCUT2D eigenvalue weighted by Crippen LogP contribution is 2.33. The number of carboxylic acids is 1. The predicted octanol–water partition coefficient (Wildman–Crippen LogP) is 5.07. The zero-order valence-electron chi connectivity index (χ0n) is 18.9. The number of anilines is 2. The Morgan fingerprint density at radius 1 is 1.12 bits per heavy atom. The Balaban J connectivity index is 1.51. The van der Waals surface area contributed by atoms with Crippen LogP contribution < -0.4 is 19.7 Å². The van der Waals surface area contributed by atoms with Gasteiger partial charge in [0.15, 0.2) is 11.5 Å². The van der Waals surface area contributed by atoms with E-state index in [4.69, 9.17) is 25.8 Å². The van der Waals surface area contributed by atoms with Gasteiger partial charge in [0.2, 0.25) is 0 Å². The van der Waals surface area contributed by atoms with E-state index in [1.54, 1.807) is 13.2 Å². The largest absolute Gasteiger partial charge is 0.493 e. The molecule has 3 aromatic carbocycles. The van der Waals surface area contributed by atoms with Gasteiger partial charge in [0.1, 0.15) is 6.61 Å². The SMILES string of the molecule is COc1cccc(CNc2ccc(N3CCOCC3)c(C(=O)O)c2)c1OCc1ccc(Cl)cc1. The number of morpholine rings is 1. The number of carboxylic acid groups (broad SMARTS) is 1. The zero-order valence-corrected chi connectivity index (χ0v) is 19.7. The van der Waals surface area contributed by atoms with Gasteiger partial charge in [-0.15, -0.1) is 0 Å². The monoisotopic (exact) mass is 482 g/mol. The maximum absolute atomic E-state index is 11.9. The average Bonchev–Trinajstić information content (AvgIpc) is 2.87. The predicted molar refractivity (Wildman–Crippen MR) is 133 cm³/mol. The first-order chi connectivity index (χ1) is 16.5. The number of hydrogen-bond acceptors (Lipinski definition) is 6. The molecule has 1 aliphatic rings. The van der Waals surface area contributed by atoms with Crippen LogP contribution in [0.4, 0.5) is 11.4 Å². The molecule has 2 N–H and O–H groups in total. The van der Waals surface area contributed by atoms with Gasteiger partial charge >= 0.3 is 5.97 Å². The third-order valence-electron chi connectivity index (χ3n) is 5.64. The lowest BCUT2D eigenvalue weighted by Crippen LogP contribution is -2.37. The lowest BCUT2D eigenvalue weighted by atomic mass is 10.1. The molecule has 34 heavy (non-hydrogen) atoms. The number of rotatable bonds is 9. The molecule has 1 fully saturated rings. The summed E-state index contributed by atoms with van der Waals surface area (Å²) >= 11 is 5.97. The summed E-state index contributed by atoms with van der Waals surface area (Å²) in [6, 6.07) is 18.6. The molecule has 7 nitrogen and oxygen atoms in total. The molecule has 3 aromatic rings. The van der Waals surface area contributed by atoms with Crippen LogP contribution in [0.1, 0.15) is 21.5 Å². The van der Waals surface area contributed by atoms with E-state index in [0.29, 0.717) is 67.4 Å². The second-order valence-electron chi connectivity index (χ2n) is 7.85. The highest BCUT2D eigenvalue weighted by atomic mass is 35.5. The van der Waals surface area contributed by atoms with Gasteiger partial charge in [-0.3, -0.25) is 0 Å². The summed E-state index contributed by atoms with van der Waals surface area (Å²) in [7, 11) is 1.60. The summed E-state index contributed by atoms with van der Waals surface area (Å²) in [4.78, 5) is 14.0. The molecule has 8 heteroatoms. The number of nitrogens with zero attached hydrogens (tertiary/aromatic N) is 1. The first kappa shape index (κ1) is 23.7. The summed E-state index contributed by atoms with van der Waals surface area (Å²) in [5, 5.41) is 13.8. The van der Waals surface area contributed by atoms with Crippen molar-refractivity contribution in [2.45, 2.75) is 13.2 Å². The number of ether oxygens (including phenoxy) is 3. The molecule has 0 amide bonds. The minimum absolute atomic E-state index is 0.261. The smallest absolute Gasteiger partial charge is 0.337 e. The molecule has 4 rings (SSSR count). The van der Waals surface area contributed by atoms with E-state index < -0.39 is 5.97 Å². The molecular weight excluding hydrogens is 456 g/mol. The lowest BCUT2D eigenvalue weighted by Gasteiger charge is -2.30. The lowest BCUT2D eigenvalue weighted by molar-refractivity contribution is 0.0696. The molecule has 0 spiro atoms. The molecule has 0 unspecified atom stereocenters. The summed E-state index contributed by atoms with van der Waals surface area (Å²) in [5.41, 5.74) is 3.55. The summed E-state index contributed by atoms with van der Waals surface area (Å²) < 4.78 is 17.0. The van der Waals surface area contributed by atoms with E-state index in [1.165, 1.54) is 0 Å². The number of nitrogens with one attached hydrogen (secondary N) is 1. The fraction of sp³-hybridized carbons (Fsp3) is 0.269. The fourth-order valence-corrected chi connectivity index (χ4v) is 3.98. The van der Waals surface area contributed by atoms with E-state index in [1.807, 2.05) is 59.5 Å². The quantitative estimate of drug-likeness (QED) is 0.440. The van der Waals surface area contributed by atoms with E-state index >= 15 is 0 Å². The van der Waals surface area contributed by atoms with Crippen molar-refractivity contribution in [3.63, 3.8) is 0 Å². The van der Waals surface area contributed by atoms with Crippen LogP contribution in [0.5, 0.6) is 11.5 Å². The Labute approximate surface area is 203 Å². The van der Waals surface area contributed by atoms with Crippen LogP contribution in [-0.4, -0.2) is 44.5 Å². The van der Waals surface area contributed by atoms with Crippen LogP contribution in [0.15, 0.2) is 60.7 Å². The van der Waals surface area contributed by atoms with Crippen LogP contribution >= 0.6 is 11.6 Å².